The van der Waals surface area contributed by atoms with Gasteiger partial charge in [-0.25, -0.2) is 0 Å². The molecule has 1 heterocycles. The second-order valence-electron chi connectivity index (χ2n) is 4.49. The normalized spacial score (nSPS) is 32.8. The quantitative estimate of drug-likeness (QED) is 0.621. The summed E-state index contributed by atoms with van der Waals surface area (Å²) in [6, 6.07) is 0. The Morgan fingerprint density at radius 1 is 1.00 bits per heavy atom. The number of hydrogen-bond acceptors (Lipinski definition) is 1. The number of fused-ring (bicyclic) bond motifs is 1. The van der Waals surface area contributed by atoms with E-state index in [1.54, 1.807) is 0 Å². The van der Waals surface area contributed by atoms with Gasteiger partial charge in [-0.1, -0.05) is 40.0 Å². The molecule has 0 amide bonds. The number of piperidine rings is 1. The third-order valence-electron chi connectivity index (χ3n) is 3.82. The number of rotatable bonds is 1. The van der Waals surface area contributed by atoms with Gasteiger partial charge in [-0.3, -0.25) is 0 Å². The summed E-state index contributed by atoms with van der Waals surface area (Å²) in [6.07, 6.45) is 7.54. The highest BCUT2D eigenvalue weighted by molar-refractivity contribution is 4.82. The lowest BCUT2D eigenvalue weighted by atomic mass is 9.75. The monoisotopic (exact) mass is 197 g/mol. The molecule has 0 aromatic rings. The first-order valence-electron chi connectivity index (χ1n) is 6.62. The fourth-order valence-corrected chi connectivity index (χ4v) is 2.96. The molecule has 1 unspecified atom stereocenters. The zero-order valence-electron chi connectivity index (χ0n) is 10.3. The summed E-state index contributed by atoms with van der Waals surface area (Å²) in [5, 5.41) is 0. The van der Waals surface area contributed by atoms with Crippen LogP contribution in [0.25, 0.3) is 0 Å². The van der Waals surface area contributed by atoms with E-state index in [4.69, 9.17) is 0 Å². The Labute approximate surface area is 89.9 Å². The minimum absolute atomic E-state index is 1.06. The van der Waals surface area contributed by atoms with Crippen molar-refractivity contribution in [3.63, 3.8) is 0 Å². The SMILES string of the molecule is CC.CCN1CC[C@@H]2CCCCC2C1. The molecule has 0 spiro atoms. The van der Waals surface area contributed by atoms with Gasteiger partial charge in [0.1, 0.15) is 0 Å². The lowest BCUT2D eigenvalue weighted by Gasteiger charge is -2.40. The van der Waals surface area contributed by atoms with Crippen molar-refractivity contribution in [3.05, 3.63) is 0 Å². The lowest BCUT2D eigenvalue weighted by Crippen LogP contribution is -2.41. The van der Waals surface area contributed by atoms with Crippen LogP contribution in [-0.2, 0) is 0 Å². The van der Waals surface area contributed by atoms with Crippen LogP contribution < -0.4 is 0 Å². The van der Waals surface area contributed by atoms with Crippen LogP contribution in [0.1, 0.15) is 52.9 Å². The smallest absolute Gasteiger partial charge is 0.00122 e. The summed E-state index contributed by atoms with van der Waals surface area (Å²) in [7, 11) is 0. The van der Waals surface area contributed by atoms with Gasteiger partial charge in [0, 0.05) is 6.54 Å². The molecule has 0 aromatic heterocycles. The average molecular weight is 197 g/mol. The summed E-state index contributed by atoms with van der Waals surface area (Å²) in [4.78, 5) is 2.63. The van der Waals surface area contributed by atoms with Gasteiger partial charge in [0.25, 0.3) is 0 Å². The van der Waals surface area contributed by atoms with Gasteiger partial charge in [-0.15, -0.1) is 0 Å². The van der Waals surface area contributed by atoms with Crippen LogP contribution in [0.2, 0.25) is 0 Å². The summed E-state index contributed by atoms with van der Waals surface area (Å²) >= 11 is 0. The highest BCUT2D eigenvalue weighted by atomic mass is 15.1. The maximum atomic E-state index is 2.63. The molecule has 0 aromatic carbocycles. The van der Waals surface area contributed by atoms with Crippen molar-refractivity contribution in [2.45, 2.75) is 52.9 Å². The van der Waals surface area contributed by atoms with E-state index in [9.17, 15) is 0 Å². The molecule has 1 aliphatic carbocycles. The van der Waals surface area contributed by atoms with Crippen molar-refractivity contribution in [2.24, 2.45) is 11.8 Å². The Morgan fingerprint density at radius 3 is 2.29 bits per heavy atom. The van der Waals surface area contributed by atoms with Crippen LogP contribution in [0.3, 0.4) is 0 Å². The fraction of sp³-hybridized carbons (Fsp3) is 1.00. The van der Waals surface area contributed by atoms with Gasteiger partial charge in [0.05, 0.1) is 0 Å². The van der Waals surface area contributed by atoms with Gasteiger partial charge >= 0.3 is 0 Å². The molecule has 1 aliphatic heterocycles. The van der Waals surface area contributed by atoms with Crippen LogP contribution >= 0.6 is 0 Å². The first-order chi connectivity index (χ1) is 6.90. The van der Waals surface area contributed by atoms with Gasteiger partial charge in [0.2, 0.25) is 0 Å². The molecule has 2 fully saturated rings. The molecule has 0 bridgehead atoms. The van der Waals surface area contributed by atoms with Crippen molar-refractivity contribution in [2.75, 3.05) is 19.6 Å². The number of likely N-dealkylation sites (tertiary alicyclic amines) is 1. The largest absolute Gasteiger partial charge is 0.303 e. The van der Waals surface area contributed by atoms with Crippen molar-refractivity contribution in [3.8, 4) is 0 Å². The van der Waals surface area contributed by atoms with E-state index >= 15 is 0 Å². The maximum Gasteiger partial charge on any atom is 0.00122 e. The average Bonchev–Trinajstić information content (AvgIpc) is 2.31. The van der Waals surface area contributed by atoms with E-state index in [0.717, 1.165) is 11.8 Å². The molecule has 1 heteroatoms. The maximum absolute atomic E-state index is 2.63. The Morgan fingerprint density at radius 2 is 1.64 bits per heavy atom. The van der Waals surface area contributed by atoms with E-state index in [0.29, 0.717) is 0 Å². The van der Waals surface area contributed by atoms with Gasteiger partial charge in [-0.2, -0.15) is 0 Å². The second kappa shape index (κ2) is 6.44. The van der Waals surface area contributed by atoms with Crippen LogP contribution in [-0.4, -0.2) is 24.5 Å². The van der Waals surface area contributed by atoms with Crippen molar-refractivity contribution in [1.29, 1.82) is 0 Å². The Hall–Kier alpha value is -0.0400. The Balaban J connectivity index is 0.000000461. The van der Waals surface area contributed by atoms with Crippen LogP contribution in [0.4, 0.5) is 0 Å². The van der Waals surface area contributed by atoms with Crippen LogP contribution in [0, 0.1) is 11.8 Å². The fourth-order valence-electron chi connectivity index (χ4n) is 2.96. The molecule has 14 heavy (non-hydrogen) atoms. The molecular formula is C13H27N. The van der Waals surface area contributed by atoms with Gasteiger partial charge in [-0.05, 0) is 37.8 Å². The zero-order chi connectivity index (χ0) is 10.4. The minimum atomic E-state index is 1.06. The van der Waals surface area contributed by atoms with Gasteiger partial charge in [0.15, 0.2) is 0 Å². The van der Waals surface area contributed by atoms with Crippen molar-refractivity contribution in [1.82, 2.24) is 4.90 Å². The first kappa shape index (κ1) is 12.0. The Kier molecular flexibility index (Phi) is 5.54. The van der Waals surface area contributed by atoms with Crippen LogP contribution in [0.15, 0.2) is 0 Å². The van der Waals surface area contributed by atoms with Gasteiger partial charge < -0.3 is 4.90 Å². The Bertz CT molecular complexity index is 144. The third kappa shape index (κ3) is 2.98. The summed E-state index contributed by atoms with van der Waals surface area (Å²) < 4.78 is 0. The predicted octanol–water partition coefficient (Wildman–Crippen LogP) is 3.54. The number of hydrogen-bond donors (Lipinski definition) is 0. The minimum Gasteiger partial charge on any atom is -0.303 e. The molecule has 1 saturated heterocycles. The molecule has 1 saturated carbocycles. The lowest BCUT2D eigenvalue weighted by molar-refractivity contribution is 0.0908. The summed E-state index contributed by atoms with van der Waals surface area (Å²) in [5.74, 6) is 2.16. The van der Waals surface area contributed by atoms with E-state index in [1.165, 1.54) is 51.7 Å². The topological polar surface area (TPSA) is 3.24 Å². The van der Waals surface area contributed by atoms with Crippen molar-refractivity contribution < 1.29 is 0 Å². The first-order valence-corrected chi connectivity index (χ1v) is 6.62. The van der Waals surface area contributed by atoms with E-state index in [2.05, 4.69) is 11.8 Å². The third-order valence-corrected chi connectivity index (χ3v) is 3.82. The van der Waals surface area contributed by atoms with E-state index in [1.807, 2.05) is 13.8 Å². The molecule has 1 nitrogen and oxygen atoms in total. The van der Waals surface area contributed by atoms with E-state index in [-0.39, 0.29) is 0 Å². The second-order valence-corrected chi connectivity index (χ2v) is 4.49. The molecule has 0 radical (unpaired) electrons. The number of nitrogens with zero attached hydrogens (tertiary/aromatic N) is 1. The zero-order valence-corrected chi connectivity index (χ0v) is 10.3. The summed E-state index contributed by atoms with van der Waals surface area (Å²) in [6.45, 7) is 10.3. The molecule has 2 aliphatic rings. The van der Waals surface area contributed by atoms with Crippen LogP contribution in [0.5, 0.6) is 0 Å². The van der Waals surface area contributed by atoms with E-state index < -0.39 is 0 Å². The van der Waals surface area contributed by atoms with Crippen molar-refractivity contribution >= 4 is 0 Å². The highest BCUT2D eigenvalue weighted by Crippen LogP contribution is 2.35. The molecule has 2 rings (SSSR count). The molecule has 0 N–H and O–H groups in total. The summed E-state index contributed by atoms with van der Waals surface area (Å²) in [5.41, 5.74) is 0. The predicted molar refractivity (Wildman–Crippen MR) is 63.5 cm³/mol. The highest BCUT2D eigenvalue weighted by Gasteiger charge is 2.30. The standard InChI is InChI=1S/C11H21N.C2H6/c1-2-12-8-7-10-5-3-4-6-11(10)9-12;1-2/h10-11H,2-9H2,1H3;1-2H3/t10-,11?;/m0./s1. The molecule has 2 atom stereocenters. The molecule has 84 valence electrons. The molecular weight excluding hydrogens is 170 g/mol.